The van der Waals surface area contributed by atoms with Crippen molar-refractivity contribution in [3.8, 4) is 5.75 Å². The van der Waals surface area contributed by atoms with Gasteiger partial charge in [-0.25, -0.2) is 0 Å². The molecular formula is C21H22N2O3S. The van der Waals surface area contributed by atoms with Crippen LogP contribution in [0.25, 0.3) is 0 Å². The fourth-order valence-corrected chi connectivity index (χ4v) is 4.60. The molecule has 2 N–H and O–H groups in total. The number of ether oxygens (including phenoxy) is 1. The van der Waals surface area contributed by atoms with Crippen LogP contribution in [0.3, 0.4) is 0 Å². The van der Waals surface area contributed by atoms with Crippen molar-refractivity contribution in [1.29, 1.82) is 0 Å². The molecule has 2 aliphatic rings. The molecule has 0 unspecified atom stereocenters. The van der Waals surface area contributed by atoms with Gasteiger partial charge in [0, 0.05) is 40.4 Å². The van der Waals surface area contributed by atoms with Crippen LogP contribution in [0.2, 0.25) is 0 Å². The number of hydrogen-bond acceptors (Lipinski definition) is 5. The highest BCUT2D eigenvalue weighted by molar-refractivity contribution is 7.99. The first-order chi connectivity index (χ1) is 13.1. The summed E-state index contributed by atoms with van der Waals surface area (Å²) in [5, 5.41) is 6.71. The zero-order chi connectivity index (χ0) is 18.8. The standard InChI is InChI=1S/C21H22N2O3S/c1-13(24)26-16-5-9-18(10-6-16)27-17-7-2-14(3-8-17)21(25)23-20-12-15-4-11-19(20)22-15/h2-3,5-10,15,19-20,22H,4,11-12H2,1H3,(H,23,25)/t15-,19+,20-/m1/s1. The molecule has 1 amide bonds. The first-order valence-corrected chi connectivity index (χ1v) is 10.0. The van der Waals surface area contributed by atoms with Crippen LogP contribution in [0.15, 0.2) is 58.3 Å². The summed E-state index contributed by atoms with van der Waals surface area (Å²) in [5.41, 5.74) is 0.687. The largest absolute Gasteiger partial charge is 0.427 e. The monoisotopic (exact) mass is 382 g/mol. The van der Waals surface area contributed by atoms with Crippen molar-refractivity contribution >= 4 is 23.6 Å². The summed E-state index contributed by atoms with van der Waals surface area (Å²) in [6.45, 7) is 1.38. The highest BCUT2D eigenvalue weighted by Crippen LogP contribution is 2.30. The average Bonchev–Trinajstić information content (AvgIpc) is 3.26. The van der Waals surface area contributed by atoms with Gasteiger partial charge in [0.25, 0.3) is 5.91 Å². The van der Waals surface area contributed by atoms with E-state index in [1.165, 1.54) is 13.3 Å². The lowest BCUT2D eigenvalue weighted by Gasteiger charge is -2.21. The first kappa shape index (κ1) is 18.1. The van der Waals surface area contributed by atoms with Crippen molar-refractivity contribution in [2.45, 2.75) is 54.1 Å². The summed E-state index contributed by atoms with van der Waals surface area (Å²) in [5.74, 6) is 0.205. The molecule has 4 rings (SSSR count). The normalized spacial score (nSPS) is 23.2. The second kappa shape index (κ2) is 7.74. The topological polar surface area (TPSA) is 67.4 Å². The lowest BCUT2D eigenvalue weighted by molar-refractivity contribution is -0.131. The molecular weight excluding hydrogens is 360 g/mol. The van der Waals surface area contributed by atoms with Crippen LogP contribution in [0.5, 0.6) is 5.75 Å². The Labute approximate surface area is 162 Å². The minimum Gasteiger partial charge on any atom is -0.427 e. The van der Waals surface area contributed by atoms with E-state index in [4.69, 9.17) is 4.74 Å². The number of carbonyl (C=O) groups excluding carboxylic acids is 2. The average molecular weight is 382 g/mol. The molecule has 6 heteroatoms. The number of nitrogens with one attached hydrogen (secondary N) is 2. The molecule has 140 valence electrons. The Morgan fingerprint density at radius 1 is 1.04 bits per heavy atom. The number of fused-ring (bicyclic) bond motifs is 2. The Bertz CT molecular complexity index is 836. The Hall–Kier alpha value is -2.31. The van der Waals surface area contributed by atoms with Crippen LogP contribution >= 0.6 is 11.8 Å². The van der Waals surface area contributed by atoms with E-state index in [0.717, 1.165) is 22.6 Å². The highest BCUT2D eigenvalue weighted by atomic mass is 32.2. The number of benzene rings is 2. The lowest BCUT2D eigenvalue weighted by atomic mass is 9.95. The third kappa shape index (κ3) is 4.34. The lowest BCUT2D eigenvalue weighted by Crippen LogP contribution is -2.42. The summed E-state index contributed by atoms with van der Waals surface area (Å²) in [6.07, 6.45) is 3.42. The Morgan fingerprint density at radius 2 is 1.70 bits per heavy atom. The molecule has 0 spiro atoms. The van der Waals surface area contributed by atoms with Gasteiger partial charge in [-0.2, -0.15) is 0 Å². The van der Waals surface area contributed by atoms with Gasteiger partial charge < -0.3 is 15.4 Å². The van der Waals surface area contributed by atoms with Crippen molar-refractivity contribution in [3.63, 3.8) is 0 Å². The molecule has 0 radical (unpaired) electrons. The first-order valence-electron chi connectivity index (χ1n) is 9.20. The fourth-order valence-electron chi connectivity index (χ4n) is 3.79. The molecule has 3 atom stereocenters. The smallest absolute Gasteiger partial charge is 0.308 e. The van der Waals surface area contributed by atoms with Crippen molar-refractivity contribution in [1.82, 2.24) is 10.6 Å². The van der Waals surface area contributed by atoms with E-state index in [9.17, 15) is 9.59 Å². The molecule has 2 aliphatic heterocycles. The molecule has 2 fully saturated rings. The van der Waals surface area contributed by atoms with Gasteiger partial charge in [0.2, 0.25) is 0 Å². The van der Waals surface area contributed by atoms with Gasteiger partial charge in [0.05, 0.1) is 0 Å². The van der Waals surface area contributed by atoms with Crippen LogP contribution in [0, 0.1) is 0 Å². The maximum absolute atomic E-state index is 12.5. The molecule has 0 aliphatic carbocycles. The van der Waals surface area contributed by atoms with E-state index < -0.39 is 0 Å². The molecule has 2 bridgehead atoms. The number of carbonyl (C=O) groups is 2. The van der Waals surface area contributed by atoms with Gasteiger partial charge in [-0.3, -0.25) is 9.59 Å². The minimum atomic E-state index is -0.328. The number of rotatable bonds is 5. The Morgan fingerprint density at radius 3 is 2.26 bits per heavy atom. The van der Waals surface area contributed by atoms with Crippen LogP contribution in [0.4, 0.5) is 0 Å². The van der Waals surface area contributed by atoms with Crippen molar-refractivity contribution in [2.75, 3.05) is 0 Å². The maximum Gasteiger partial charge on any atom is 0.308 e. The van der Waals surface area contributed by atoms with Crippen molar-refractivity contribution in [2.24, 2.45) is 0 Å². The Balaban J connectivity index is 1.34. The molecule has 27 heavy (non-hydrogen) atoms. The molecule has 2 heterocycles. The van der Waals surface area contributed by atoms with E-state index in [1.807, 2.05) is 36.4 Å². The summed E-state index contributed by atoms with van der Waals surface area (Å²) in [7, 11) is 0. The molecule has 5 nitrogen and oxygen atoms in total. The predicted octanol–water partition coefficient (Wildman–Crippen LogP) is 3.39. The summed E-state index contributed by atoms with van der Waals surface area (Å²) in [6, 6.07) is 16.3. The van der Waals surface area contributed by atoms with Crippen molar-refractivity contribution < 1.29 is 14.3 Å². The van der Waals surface area contributed by atoms with Crippen molar-refractivity contribution in [3.05, 3.63) is 54.1 Å². The van der Waals surface area contributed by atoms with E-state index in [2.05, 4.69) is 10.6 Å². The van der Waals surface area contributed by atoms with E-state index in [-0.39, 0.29) is 17.9 Å². The van der Waals surface area contributed by atoms with Gasteiger partial charge in [0.15, 0.2) is 0 Å². The SMILES string of the molecule is CC(=O)Oc1ccc(Sc2ccc(C(=O)N[C@@H]3C[C@H]4CC[C@@H]3N4)cc2)cc1. The van der Waals surface area contributed by atoms with Gasteiger partial charge in [0.1, 0.15) is 5.75 Å². The highest BCUT2D eigenvalue weighted by Gasteiger charge is 2.39. The van der Waals surface area contributed by atoms with Crippen LogP contribution in [0.1, 0.15) is 36.5 Å². The quantitative estimate of drug-likeness (QED) is 0.613. The number of amides is 1. The molecule has 2 saturated heterocycles. The number of esters is 1. The van der Waals surface area contributed by atoms with E-state index in [0.29, 0.717) is 23.4 Å². The molecule has 0 aromatic heterocycles. The summed E-state index contributed by atoms with van der Waals surface area (Å²) < 4.78 is 5.04. The van der Waals surface area contributed by atoms with Crippen LogP contribution in [-0.4, -0.2) is 30.0 Å². The minimum absolute atomic E-state index is 0.00312. The zero-order valence-corrected chi connectivity index (χ0v) is 15.9. The zero-order valence-electron chi connectivity index (χ0n) is 15.1. The van der Waals surface area contributed by atoms with Gasteiger partial charge >= 0.3 is 5.97 Å². The Kier molecular flexibility index (Phi) is 5.18. The maximum atomic E-state index is 12.5. The predicted molar refractivity (Wildman–Crippen MR) is 104 cm³/mol. The van der Waals surface area contributed by atoms with Crippen LogP contribution in [-0.2, 0) is 4.79 Å². The van der Waals surface area contributed by atoms with E-state index in [1.54, 1.807) is 23.9 Å². The number of hydrogen-bond donors (Lipinski definition) is 2. The van der Waals surface area contributed by atoms with Gasteiger partial charge in [-0.05, 0) is 67.8 Å². The van der Waals surface area contributed by atoms with Gasteiger partial charge in [-0.15, -0.1) is 0 Å². The molecule has 2 aromatic rings. The third-order valence-corrected chi connectivity index (χ3v) is 6.07. The second-order valence-electron chi connectivity index (χ2n) is 7.05. The second-order valence-corrected chi connectivity index (χ2v) is 8.20. The molecule has 2 aromatic carbocycles. The fraction of sp³-hybridized carbons (Fsp3) is 0.333. The van der Waals surface area contributed by atoms with Crippen LogP contribution < -0.4 is 15.4 Å². The van der Waals surface area contributed by atoms with Gasteiger partial charge in [-0.1, -0.05) is 11.8 Å². The third-order valence-electron chi connectivity index (χ3n) is 5.05. The summed E-state index contributed by atoms with van der Waals surface area (Å²) in [4.78, 5) is 25.5. The summed E-state index contributed by atoms with van der Waals surface area (Å²) >= 11 is 1.60. The van der Waals surface area contributed by atoms with E-state index >= 15 is 0 Å². The molecule has 0 saturated carbocycles.